The van der Waals surface area contributed by atoms with Crippen molar-refractivity contribution in [3.63, 3.8) is 0 Å². The Hall–Kier alpha value is -2.74. The van der Waals surface area contributed by atoms with Gasteiger partial charge < -0.3 is 14.8 Å². The maximum atomic E-state index is 13.4. The van der Waals surface area contributed by atoms with E-state index in [0.717, 1.165) is 0 Å². The molecule has 3 atom stereocenters. The summed E-state index contributed by atoms with van der Waals surface area (Å²) in [5, 5.41) is 1.22. The predicted octanol–water partition coefficient (Wildman–Crippen LogP) is 3.23. The molecule has 1 fully saturated rings. The number of carbonyl (C=O) groups is 2. The zero-order valence-electron chi connectivity index (χ0n) is 16.3. The molecule has 0 spiro atoms. The Kier molecular flexibility index (Phi) is 5.25. The van der Waals surface area contributed by atoms with E-state index >= 15 is 0 Å². The van der Waals surface area contributed by atoms with Crippen LogP contribution in [0.4, 0.5) is 9.18 Å². The molecule has 0 aliphatic heterocycles. The van der Waals surface area contributed by atoms with Gasteiger partial charge >= 0.3 is 6.09 Å². The van der Waals surface area contributed by atoms with Crippen LogP contribution in [0.1, 0.15) is 32.3 Å². The van der Waals surface area contributed by atoms with Crippen LogP contribution in [0.3, 0.4) is 0 Å². The second kappa shape index (κ2) is 7.26. The second-order valence-corrected chi connectivity index (χ2v) is 10.1. The average Bonchev–Trinajstić information content (AvgIpc) is 3.31. The topological polar surface area (TPSA) is 89.5 Å². The molecule has 0 bridgehead atoms. The molecule has 2 aromatic carbocycles. The van der Waals surface area contributed by atoms with E-state index in [1.54, 1.807) is 39.0 Å². The summed E-state index contributed by atoms with van der Waals surface area (Å²) in [5.41, 5.74) is -2.11. The minimum absolute atomic E-state index is 0.0341. The summed E-state index contributed by atoms with van der Waals surface area (Å²) in [6.07, 6.45) is -0.474. The van der Waals surface area contributed by atoms with E-state index in [-0.39, 0.29) is 4.90 Å². The average molecular weight is 419 g/mol. The number of ether oxygens (including phenoxy) is 1. The molecule has 29 heavy (non-hydrogen) atoms. The molecule has 2 aromatic rings. The van der Waals surface area contributed by atoms with E-state index in [1.807, 2.05) is 0 Å². The number of nitrogens with one attached hydrogen (secondary N) is 1. The van der Waals surface area contributed by atoms with Gasteiger partial charge in [-0.1, -0.05) is 30.3 Å². The van der Waals surface area contributed by atoms with Gasteiger partial charge in [0.25, 0.3) is 0 Å². The second-order valence-electron chi connectivity index (χ2n) is 7.99. The summed E-state index contributed by atoms with van der Waals surface area (Å²) in [6, 6.07) is 12.9. The molecule has 154 valence electrons. The first-order valence-corrected chi connectivity index (χ1v) is 10.6. The molecule has 0 radical (unpaired) electrons. The van der Waals surface area contributed by atoms with E-state index < -0.39 is 44.1 Å². The van der Waals surface area contributed by atoms with E-state index in [0.29, 0.717) is 11.8 Å². The molecule has 3 rings (SSSR count). The first kappa shape index (κ1) is 21.0. The summed E-state index contributed by atoms with van der Waals surface area (Å²) >= 11 is 0. The highest BCUT2D eigenvalue weighted by Crippen LogP contribution is 2.56. The van der Waals surface area contributed by atoms with Crippen molar-refractivity contribution in [3.05, 3.63) is 66.0 Å². The minimum Gasteiger partial charge on any atom is -0.444 e. The third-order valence-electron chi connectivity index (χ3n) is 4.73. The maximum absolute atomic E-state index is 13.4. The monoisotopic (exact) mass is 419 g/mol. The first-order chi connectivity index (χ1) is 13.5. The maximum Gasteiger partial charge on any atom is 0.408 e. The van der Waals surface area contributed by atoms with Crippen LogP contribution in [0.25, 0.3) is 0 Å². The zero-order chi connectivity index (χ0) is 21.4. The molecule has 1 aliphatic carbocycles. The van der Waals surface area contributed by atoms with Crippen molar-refractivity contribution in [2.45, 2.75) is 48.0 Å². The number of sulfone groups is 1. The fourth-order valence-electron chi connectivity index (χ4n) is 3.49. The molecule has 6 nitrogen and oxygen atoms in total. The fraction of sp³-hybridized carbons (Fsp3) is 0.333. The highest BCUT2D eigenvalue weighted by molar-refractivity contribution is 7.92. The molecule has 1 saturated carbocycles. The van der Waals surface area contributed by atoms with Gasteiger partial charge in [-0.15, -0.1) is 0 Å². The van der Waals surface area contributed by atoms with Crippen molar-refractivity contribution in [1.29, 1.82) is 0 Å². The molecular weight excluding hydrogens is 397 g/mol. The summed E-state index contributed by atoms with van der Waals surface area (Å²) in [4.78, 5) is 24.5. The summed E-state index contributed by atoms with van der Waals surface area (Å²) < 4.78 is 45.1. The highest BCUT2D eigenvalue weighted by atomic mass is 32.2. The molecule has 0 aromatic heterocycles. The number of carbonyl (C=O) groups excluding carboxylic acids is 2. The van der Waals surface area contributed by atoms with E-state index in [9.17, 15) is 22.4 Å². The Labute approximate surface area is 169 Å². The summed E-state index contributed by atoms with van der Waals surface area (Å²) in [7, 11) is -3.98. The van der Waals surface area contributed by atoms with Crippen molar-refractivity contribution >= 4 is 22.2 Å². The van der Waals surface area contributed by atoms with Crippen molar-refractivity contribution in [2.24, 2.45) is 0 Å². The molecular formula is C21H22FNO5S. The molecule has 0 heterocycles. The van der Waals surface area contributed by atoms with Gasteiger partial charge in [0.15, 0.2) is 9.84 Å². The van der Waals surface area contributed by atoms with Crippen LogP contribution >= 0.6 is 0 Å². The minimum atomic E-state index is -3.98. The Balaban J connectivity index is 2.04. The number of hydrogen-bond donors (Lipinski definition) is 1. The number of rotatable bonds is 5. The van der Waals surface area contributed by atoms with Crippen LogP contribution in [0, 0.1) is 5.82 Å². The molecule has 1 aliphatic rings. The Morgan fingerprint density at radius 1 is 1.10 bits per heavy atom. The summed E-state index contributed by atoms with van der Waals surface area (Å²) in [6.45, 7) is 4.97. The smallest absolute Gasteiger partial charge is 0.408 e. The van der Waals surface area contributed by atoms with Gasteiger partial charge in [0, 0.05) is 5.92 Å². The largest absolute Gasteiger partial charge is 0.444 e. The van der Waals surface area contributed by atoms with Crippen LogP contribution in [-0.4, -0.2) is 37.2 Å². The van der Waals surface area contributed by atoms with Gasteiger partial charge in [0.2, 0.25) is 0 Å². The van der Waals surface area contributed by atoms with Crippen molar-refractivity contribution in [2.75, 3.05) is 0 Å². The lowest BCUT2D eigenvalue weighted by molar-refractivity contribution is -0.110. The Bertz CT molecular complexity index is 1020. The van der Waals surface area contributed by atoms with Crippen LogP contribution in [-0.2, 0) is 19.4 Å². The van der Waals surface area contributed by atoms with Crippen LogP contribution in [0.15, 0.2) is 59.5 Å². The Morgan fingerprint density at radius 3 is 2.21 bits per heavy atom. The van der Waals surface area contributed by atoms with E-state index in [4.69, 9.17) is 4.74 Å². The third-order valence-corrected chi connectivity index (χ3v) is 6.99. The van der Waals surface area contributed by atoms with Crippen molar-refractivity contribution < 1.29 is 27.1 Å². The van der Waals surface area contributed by atoms with E-state index in [1.165, 1.54) is 36.4 Å². The lowest BCUT2D eigenvalue weighted by Gasteiger charge is -2.22. The molecule has 1 amide bonds. The number of amides is 1. The van der Waals surface area contributed by atoms with Gasteiger partial charge in [-0.2, -0.15) is 0 Å². The van der Waals surface area contributed by atoms with Crippen molar-refractivity contribution in [1.82, 2.24) is 5.32 Å². The SMILES string of the molecule is CC(C)(C)OC(=O)NC1(C=O)C(c2ccc(F)cc2)C1S(=O)(=O)c1ccccc1. The number of benzene rings is 2. The van der Waals surface area contributed by atoms with Gasteiger partial charge in [0.05, 0.1) is 4.90 Å². The highest BCUT2D eigenvalue weighted by Gasteiger charge is 2.73. The molecule has 8 heteroatoms. The molecule has 3 unspecified atom stereocenters. The van der Waals surface area contributed by atoms with Crippen molar-refractivity contribution in [3.8, 4) is 0 Å². The van der Waals surface area contributed by atoms with Gasteiger partial charge in [-0.3, -0.25) is 0 Å². The molecule has 1 N–H and O–H groups in total. The lowest BCUT2D eigenvalue weighted by atomic mass is 10.1. The number of aldehydes is 1. The van der Waals surface area contributed by atoms with Crippen LogP contribution in [0.5, 0.6) is 0 Å². The number of hydrogen-bond acceptors (Lipinski definition) is 5. The van der Waals surface area contributed by atoms with Crippen LogP contribution < -0.4 is 5.32 Å². The van der Waals surface area contributed by atoms with Gasteiger partial charge in [0.1, 0.15) is 28.5 Å². The zero-order valence-corrected chi connectivity index (χ0v) is 17.1. The van der Waals surface area contributed by atoms with E-state index in [2.05, 4.69) is 5.32 Å². The number of alkyl carbamates (subject to hydrolysis) is 1. The normalized spacial score (nSPS) is 23.9. The Morgan fingerprint density at radius 2 is 1.69 bits per heavy atom. The fourth-order valence-corrected chi connectivity index (χ4v) is 5.75. The lowest BCUT2D eigenvalue weighted by Crippen LogP contribution is -2.45. The molecule has 0 saturated heterocycles. The predicted molar refractivity (Wildman–Crippen MR) is 105 cm³/mol. The standard InChI is InChI=1S/C21H22FNO5S/c1-20(2,3)28-19(25)23-21(13-24)17(14-9-11-15(22)12-10-14)18(21)29(26,27)16-7-5-4-6-8-16/h4-13,17-18H,1-3H3,(H,23,25). The first-order valence-electron chi connectivity index (χ1n) is 9.03. The quantitative estimate of drug-likeness (QED) is 0.752. The third kappa shape index (κ3) is 4.03. The summed E-state index contributed by atoms with van der Waals surface area (Å²) in [5.74, 6) is -1.37. The van der Waals surface area contributed by atoms with Gasteiger partial charge in [-0.05, 0) is 50.6 Å². The van der Waals surface area contributed by atoms with Crippen LogP contribution in [0.2, 0.25) is 0 Å². The van der Waals surface area contributed by atoms with Gasteiger partial charge in [-0.25, -0.2) is 17.6 Å². The number of halogens is 1.